The minimum absolute atomic E-state index is 0.0405. The lowest BCUT2D eigenvalue weighted by molar-refractivity contribution is -0.138. The summed E-state index contributed by atoms with van der Waals surface area (Å²) in [5.74, 6) is -0.482. The highest BCUT2D eigenvalue weighted by Gasteiger charge is 2.05. The summed E-state index contributed by atoms with van der Waals surface area (Å²) in [6.07, 6.45) is 0.0405. The Morgan fingerprint density at radius 2 is 2.40 bits per heavy atom. The maximum atomic E-state index is 10.7. The summed E-state index contributed by atoms with van der Waals surface area (Å²) in [7, 11) is 0. The van der Waals surface area contributed by atoms with Crippen molar-refractivity contribution in [2.45, 2.75) is 13.3 Å². The molecule has 0 bridgehead atoms. The summed E-state index contributed by atoms with van der Waals surface area (Å²) in [5.41, 5.74) is 0.212. The van der Waals surface area contributed by atoms with Gasteiger partial charge in [0.05, 0.1) is 19.1 Å². The molecule has 0 atom stereocenters. The van der Waals surface area contributed by atoms with E-state index in [1.165, 1.54) is 0 Å². The number of esters is 1. The van der Waals surface area contributed by atoms with Gasteiger partial charge in [-0.3, -0.25) is 0 Å². The van der Waals surface area contributed by atoms with E-state index in [2.05, 4.69) is 11.3 Å². The molecule has 0 aliphatic carbocycles. The molecule has 0 aliphatic rings. The third-order valence-electron chi connectivity index (χ3n) is 0.857. The maximum absolute atomic E-state index is 10.7. The van der Waals surface area contributed by atoms with Crippen LogP contribution in [0.3, 0.4) is 0 Å². The van der Waals surface area contributed by atoms with Gasteiger partial charge < -0.3 is 4.74 Å². The molecule has 0 aromatic heterocycles. The molecule has 0 aromatic rings. The van der Waals surface area contributed by atoms with E-state index in [-0.39, 0.29) is 12.0 Å². The molecule has 3 heteroatoms. The number of carbonyl (C=O) groups is 1. The van der Waals surface area contributed by atoms with Crippen LogP contribution < -0.4 is 0 Å². The van der Waals surface area contributed by atoms with Gasteiger partial charge in [0.2, 0.25) is 0 Å². The Kier molecular flexibility index (Phi) is 3.97. The van der Waals surface area contributed by atoms with Gasteiger partial charge in [-0.05, 0) is 6.92 Å². The van der Waals surface area contributed by atoms with Gasteiger partial charge in [0.25, 0.3) is 0 Å². The maximum Gasteiger partial charge on any atom is 0.334 e. The number of rotatable bonds is 3. The molecule has 0 aromatic carbocycles. The van der Waals surface area contributed by atoms with Crippen LogP contribution in [0.1, 0.15) is 13.3 Å². The molecular weight excluding hydrogens is 130 g/mol. The highest BCUT2D eigenvalue weighted by molar-refractivity contribution is 5.88. The summed E-state index contributed by atoms with van der Waals surface area (Å²) < 4.78 is 4.57. The second-order valence-corrected chi connectivity index (χ2v) is 1.66. The van der Waals surface area contributed by atoms with Crippen molar-refractivity contribution in [3.05, 3.63) is 12.2 Å². The molecule has 0 spiro atoms. The van der Waals surface area contributed by atoms with Gasteiger partial charge in [-0.2, -0.15) is 5.26 Å². The lowest BCUT2D eigenvalue weighted by atomic mass is 10.2. The predicted octanol–water partition coefficient (Wildman–Crippen LogP) is 1.02. The van der Waals surface area contributed by atoms with Crippen LogP contribution in [0.4, 0.5) is 0 Å². The zero-order valence-corrected chi connectivity index (χ0v) is 5.89. The minimum atomic E-state index is -0.482. The second kappa shape index (κ2) is 4.57. The molecule has 0 aliphatic heterocycles. The van der Waals surface area contributed by atoms with Crippen molar-refractivity contribution in [3.63, 3.8) is 0 Å². The monoisotopic (exact) mass is 139 g/mol. The van der Waals surface area contributed by atoms with Crippen LogP contribution in [0.25, 0.3) is 0 Å². The van der Waals surface area contributed by atoms with E-state index in [1.807, 2.05) is 0 Å². The van der Waals surface area contributed by atoms with Crippen LogP contribution >= 0.6 is 0 Å². The van der Waals surface area contributed by atoms with Crippen LogP contribution in [0.2, 0.25) is 0 Å². The third-order valence-corrected chi connectivity index (χ3v) is 0.857. The Morgan fingerprint density at radius 1 is 1.80 bits per heavy atom. The van der Waals surface area contributed by atoms with Crippen LogP contribution in [-0.4, -0.2) is 12.6 Å². The van der Waals surface area contributed by atoms with E-state index in [0.717, 1.165) is 0 Å². The lowest BCUT2D eigenvalue weighted by Gasteiger charge is -1.99. The fraction of sp³-hybridized carbons (Fsp3) is 0.429. The standard InChI is InChI=1S/C7H9NO2/c1-3-10-7(9)6(2)4-5-8/h2-4H2,1H3. The number of nitriles is 1. The SMILES string of the molecule is C=C(CC#N)C(=O)OCC. The molecule has 0 rings (SSSR count). The van der Waals surface area contributed by atoms with Crippen LogP contribution in [0.5, 0.6) is 0 Å². The summed E-state index contributed by atoms with van der Waals surface area (Å²) in [6, 6.07) is 1.81. The topological polar surface area (TPSA) is 50.1 Å². The Morgan fingerprint density at radius 3 is 2.80 bits per heavy atom. The molecule has 0 fully saturated rings. The average molecular weight is 139 g/mol. The quantitative estimate of drug-likeness (QED) is 0.433. The van der Waals surface area contributed by atoms with Crippen molar-refractivity contribution in [3.8, 4) is 6.07 Å². The number of carbonyl (C=O) groups excluding carboxylic acids is 1. The molecule has 0 radical (unpaired) electrons. The largest absolute Gasteiger partial charge is 0.463 e. The molecular formula is C7H9NO2. The third kappa shape index (κ3) is 2.88. The smallest absolute Gasteiger partial charge is 0.334 e. The number of hydrogen-bond donors (Lipinski definition) is 0. The van der Waals surface area contributed by atoms with Crippen molar-refractivity contribution >= 4 is 5.97 Å². The number of nitrogens with zero attached hydrogens (tertiary/aromatic N) is 1. The molecule has 0 N–H and O–H groups in total. The Hall–Kier alpha value is -1.30. The van der Waals surface area contributed by atoms with Crippen LogP contribution in [-0.2, 0) is 9.53 Å². The highest BCUT2D eigenvalue weighted by Crippen LogP contribution is 1.98. The Balaban J connectivity index is 3.74. The molecule has 54 valence electrons. The van der Waals surface area contributed by atoms with Gasteiger partial charge in [-0.15, -0.1) is 0 Å². The normalized spacial score (nSPS) is 8.00. The summed E-state index contributed by atoms with van der Waals surface area (Å²) in [5, 5.41) is 8.14. The summed E-state index contributed by atoms with van der Waals surface area (Å²) in [4.78, 5) is 10.7. The van der Waals surface area contributed by atoms with Gasteiger partial charge in [0, 0.05) is 5.57 Å². The highest BCUT2D eigenvalue weighted by atomic mass is 16.5. The van der Waals surface area contributed by atoms with E-state index in [0.29, 0.717) is 6.61 Å². The van der Waals surface area contributed by atoms with Crippen molar-refractivity contribution in [2.75, 3.05) is 6.61 Å². The van der Waals surface area contributed by atoms with Crippen molar-refractivity contribution < 1.29 is 9.53 Å². The first kappa shape index (κ1) is 8.70. The van der Waals surface area contributed by atoms with Crippen molar-refractivity contribution in [2.24, 2.45) is 0 Å². The fourth-order valence-corrected chi connectivity index (χ4v) is 0.401. The Bertz CT molecular complexity index is 179. The van der Waals surface area contributed by atoms with Crippen molar-refractivity contribution in [1.29, 1.82) is 5.26 Å². The van der Waals surface area contributed by atoms with Gasteiger partial charge in [-0.1, -0.05) is 6.58 Å². The fourth-order valence-electron chi connectivity index (χ4n) is 0.401. The molecule has 0 saturated heterocycles. The zero-order chi connectivity index (χ0) is 7.98. The molecule has 0 heterocycles. The van der Waals surface area contributed by atoms with Crippen LogP contribution in [0, 0.1) is 11.3 Å². The molecule has 10 heavy (non-hydrogen) atoms. The molecule has 0 unspecified atom stereocenters. The molecule has 3 nitrogen and oxygen atoms in total. The lowest BCUT2D eigenvalue weighted by Crippen LogP contribution is -2.05. The second-order valence-electron chi connectivity index (χ2n) is 1.66. The first-order valence-electron chi connectivity index (χ1n) is 2.94. The van der Waals surface area contributed by atoms with Gasteiger partial charge in [0.1, 0.15) is 0 Å². The Labute approximate surface area is 59.9 Å². The zero-order valence-electron chi connectivity index (χ0n) is 5.89. The summed E-state index contributed by atoms with van der Waals surface area (Å²) >= 11 is 0. The van der Waals surface area contributed by atoms with Gasteiger partial charge in [-0.25, -0.2) is 4.79 Å². The number of hydrogen-bond acceptors (Lipinski definition) is 3. The van der Waals surface area contributed by atoms with Gasteiger partial charge >= 0.3 is 5.97 Å². The minimum Gasteiger partial charge on any atom is -0.463 e. The van der Waals surface area contributed by atoms with E-state index in [1.54, 1.807) is 13.0 Å². The van der Waals surface area contributed by atoms with E-state index in [4.69, 9.17) is 5.26 Å². The van der Waals surface area contributed by atoms with E-state index in [9.17, 15) is 4.79 Å². The molecule has 0 amide bonds. The van der Waals surface area contributed by atoms with E-state index < -0.39 is 5.97 Å². The van der Waals surface area contributed by atoms with E-state index >= 15 is 0 Å². The first-order chi connectivity index (χ1) is 4.72. The van der Waals surface area contributed by atoms with Crippen LogP contribution in [0.15, 0.2) is 12.2 Å². The summed E-state index contributed by atoms with van der Waals surface area (Å²) in [6.45, 7) is 5.39. The van der Waals surface area contributed by atoms with Crippen molar-refractivity contribution in [1.82, 2.24) is 0 Å². The number of ether oxygens (including phenoxy) is 1. The first-order valence-corrected chi connectivity index (χ1v) is 2.94. The average Bonchev–Trinajstić information content (AvgIpc) is 1.89. The van der Waals surface area contributed by atoms with Gasteiger partial charge in [0.15, 0.2) is 0 Å². The predicted molar refractivity (Wildman–Crippen MR) is 36.0 cm³/mol. The molecule has 0 saturated carbocycles.